The van der Waals surface area contributed by atoms with Crippen LogP contribution < -0.4 is 0 Å². The number of aromatic nitrogens is 2. The third-order valence-electron chi connectivity index (χ3n) is 2.87. The Hall–Kier alpha value is -1.11. The molecule has 2 heterocycles. The van der Waals surface area contributed by atoms with Crippen molar-refractivity contribution < 1.29 is 13.3 Å². The zero-order valence-electron chi connectivity index (χ0n) is 10.3. The van der Waals surface area contributed by atoms with Gasteiger partial charge in [0.25, 0.3) is 0 Å². The maximum absolute atomic E-state index is 5.80. The highest BCUT2D eigenvalue weighted by atomic mass is 28.4. The topological polar surface area (TPSA) is 45.5 Å². The van der Waals surface area contributed by atoms with E-state index in [0.29, 0.717) is 5.76 Å². The summed E-state index contributed by atoms with van der Waals surface area (Å²) in [4.78, 5) is 4.00. The van der Waals surface area contributed by atoms with Crippen LogP contribution >= 0.6 is 0 Å². The first kappa shape index (κ1) is 12.3. The van der Waals surface area contributed by atoms with Crippen molar-refractivity contribution in [3.05, 3.63) is 31.1 Å². The standard InChI is InChI=1S/C11H18N2O3Si/c1-10-11(2)16-17(14-3,15-10)8-4-6-13-7-5-12-9-13/h5,7,9,11H,1,4,6,8H2,2-3H3. The van der Waals surface area contributed by atoms with Gasteiger partial charge < -0.3 is 17.8 Å². The molecular formula is C11H18N2O3Si. The Kier molecular flexibility index (Phi) is 3.65. The van der Waals surface area contributed by atoms with Gasteiger partial charge in [-0.15, -0.1) is 0 Å². The first-order valence-corrected chi connectivity index (χ1v) is 7.65. The average Bonchev–Trinajstić information content (AvgIpc) is 2.89. The molecule has 1 fully saturated rings. The molecule has 6 heteroatoms. The van der Waals surface area contributed by atoms with Crippen LogP contribution in [0.25, 0.3) is 0 Å². The zero-order valence-corrected chi connectivity index (χ0v) is 11.3. The Morgan fingerprint density at radius 1 is 1.65 bits per heavy atom. The van der Waals surface area contributed by atoms with Gasteiger partial charge >= 0.3 is 8.80 Å². The minimum absolute atomic E-state index is 0.0603. The molecule has 0 bridgehead atoms. The Morgan fingerprint density at radius 3 is 3.00 bits per heavy atom. The molecule has 2 rings (SSSR count). The number of hydrogen-bond donors (Lipinski definition) is 0. The molecule has 0 radical (unpaired) electrons. The van der Waals surface area contributed by atoms with Crippen molar-refractivity contribution in [1.82, 2.24) is 9.55 Å². The van der Waals surface area contributed by atoms with E-state index in [-0.39, 0.29) is 6.10 Å². The van der Waals surface area contributed by atoms with Crippen LogP contribution in [0, 0.1) is 0 Å². The molecule has 0 aliphatic carbocycles. The van der Waals surface area contributed by atoms with Crippen LogP contribution in [-0.4, -0.2) is 31.6 Å². The predicted molar refractivity (Wildman–Crippen MR) is 65.2 cm³/mol. The first-order chi connectivity index (χ1) is 8.15. The highest BCUT2D eigenvalue weighted by Crippen LogP contribution is 2.31. The second-order valence-electron chi connectivity index (χ2n) is 4.12. The SMILES string of the molecule is C=C1O[Si](CCCn2ccnc2)(OC)OC1C. The molecule has 1 aliphatic heterocycles. The van der Waals surface area contributed by atoms with E-state index in [1.165, 1.54) is 0 Å². The monoisotopic (exact) mass is 254 g/mol. The van der Waals surface area contributed by atoms with Gasteiger partial charge in [-0.3, -0.25) is 0 Å². The molecule has 0 saturated carbocycles. The summed E-state index contributed by atoms with van der Waals surface area (Å²) in [5.41, 5.74) is 0. The van der Waals surface area contributed by atoms with Crippen LogP contribution in [-0.2, 0) is 19.8 Å². The van der Waals surface area contributed by atoms with Crippen LogP contribution in [0.3, 0.4) is 0 Å². The summed E-state index contributed by atoms with van der Waals surface area (Å²) in [5.74, 6) is 0.682. The maximum Gasteiger partial charge on any atom is 0.566 e. The molecule has 1 aliphatic rings. The number of imidazole rings is 1. The number of aryl methyl sites for hydroxylation is 1. The number of hydrogen-bond acceptors (Lipinski definition) is 4. The number of nitrogens with zero attached hydrogens (tertiary/aromatic N) is 2. The molecule has 5 nitrogen and oxygen atoms in total. The molecule has 17 heavy (non-hydrogen) atoms. The second kappa shape index (κ2) is 5.03. The molecule has 94 valence electrons. The third kappa shape index (κ3) is 2.77. The molecule has 2 atom stereocenters. The highest BCUT2D eigenvalue weighted by molar-refractivity contribution is 6.61. The lowest BCUT2D eigenvalue weighted by Gasteiger charge is -2.20. The average molecular weight is 254 g/mol. The van der Waals surface area contributed by atoms with Crippen molar-refractivity contribution in [3.8, 4) is 0 Å². The molecule has 0 N–H and O–H groups in total. The van der Waals surface area contributed by atoms with Gasteiger partial charge in [-0.05, 0) is 13.3 Å². The molecule has 0 amide bonds. The van der Waals surface area contributed by atoms with Gasteiger partial charge in [0.1, 0.15) is 11.9 Å². The van der Waals surface area contributed by atoms with Crippen LogP contribution in [0.4, 0.5) is 0 Å². The van der Waals surface area contributed by atoms with E-state index in [4.69, 9.17) is 13.3 Å². The van der Waals surface area contributed by atoms with E-state index in [1.807, 2.05) is 17.7 Å². The van der Waals surface area contributed by atoms with E-state index in [2.05, 4.69) is 11.6 Å². The predicted octanol–water partition coefficient (Wildman–Crippen LogP) is 1.81. The van der Waals surface area contributed by atoms with Crippen molar-refractivity contribution >= 4 is 8.80 Å². The fraction of sp³-hybridized carbons (Fsp3) is 0.545. The summed E-state index contributed by atoms with van der Waals surface area (Å²) < 4.78 is 19.0. The second-order valence-corrected chi connectivity index (χ2v) is 6.83. The van der Waals surface area contributed by atoms with E-state index in [9.17, 15) is 0 Å². The van der Waals surface area contributed by atoms with E-state index >= 15 is 0 Å². The fourth-order valence-corrected chi connectivity index (χ4v) is 4.32. The smallest absolute Gasteiger partial charge is 0.502 e. The highest BCUT2D eigenvalue weighted by Gasteiger charge is 2.49. The van der Waals surface area contributed by atoms with Gasteiger partial charge in [-0.25, -0.2) is 4.98 Å². The Bertz CT molecular complexity index is 382. The lowest BCUT2D eigenvalue weighted by Crippen LogP contribution is -2.40. The van der Waals surface area contributed by atoms with Crippen LogP contribution in [0.5, 0.6) is 0 Å². The minimum atomic E-state index is -2.50. The van der Waals surface area contributed by atoms with Crippen molar-refractivity contribution in [1.29, 1.82) is 0 Å². The normalized spacial score (nSPS) is 28.4. The summed E-state index contributed by atoms with van der Waals surface area (Å²) in [5, 5.41) is 0. The largest absolute Gasteiger partial charge is 0.566 e. The molecule has 1 saturated heterocycles. The van der Waals surface area contributed by atoms with Crippen LogP contribution in [0.2, 0.25) is 6.04 Å². The molecular weight excluding hydrogens is 236 g/mol. The lowest BCUT2D eigenvalue weighted by molar-refractivity contribution is 0.159. The van der Waals surface area contributed by atoms with Crippen molar-refractivity contribution in [2.45, 2.75) is 32.0 Å². The Morgan fingerprint density at radius 2 is 2.47 bits per heavy atom. The van der Waals surface area contributed by atoms with E-state index in [1.54, 1.807) is 19.6 Å². The van der Waals surface area contributed by atoms with Gasteiger partial charge in [0, 0.05) is 32.1 Å². The Labute approximate surface area is 102 Å². The summed E-state index contributed by atoms with van der Waals surface area (Å²) in [6.45, 7) is 6.66. The van der Waals surface area contributed by atoms with Crippen LogP contribution in [0.15, 0.2) is 31.1 Å². The van der Waals surface area contributed by atoms with Gasteiger partial charge in [-0.1, -0.05) is 6.58 Å². The van der Waals surface area contributed by atoms with E-state index in [0.717, 1.165) is 19.0 Å². The first-order valence-electron chi connectivity index (χ1n) is 5.72. The molecule has 1 aromatic heterocycles. The minimum Gasteiger partial charge on any atom is -0.502 e. The summed E-state index contributed by atoms with van der Waals surface area (Å²) >= 11 is 0. The number of rotatable bonds is 5. The van der Waals surface area contributed by atoms with Gasteiger partial charge in [0.05, 0.1) is 6.33 Å². The van der Waals surface area contributed by atoms with Gasteiger partial charge in [-0.2, -0.15) is 0 Å². The third-order valence-corrected chi connectivity index (χ3v) is 5.74. The summed E-state index contributed by atoms with van der Waals surface area (Å²) in [7, 11) is -0.852. The van der Waals surface area contributed by atoms with Gasteiger partial charge in [0.15, 0.2) is 0 Å². The Balaban J connectivity index is 1.86. The maximum atomic E-state index is 5.80. The fourth-order valence-electron chi connectivity index (χ4n) is 1.84. The van der Waals surface area contributed by atoms with Crippen molar-refractivity contribution in [3.63, 3.8) is 0 Å². The molecule has 0 spiro atoms. The molecule has 0 aromatic carbocycles. The van der Waals surface area contributed by atoms with Crippen molar-refractivity contribution in [2.24, 2.45) is 0 Å². The van der Waals surface area contributed by atoms with E-state index < -0.39 is 8.80 Å². The zero-order chi connectivity index (χ0) is 12.3. The van der Waals surface area contributed by atoms with Gasteiger partial charge in [0.2, 0.25) is 0 Å². The lowest BCUT2D eigenvalue weighted by atomic mass is 10.4. The summed E-state index contributed by atoms with van der Waals surface area (Å²) in [6, 6.07) is 0.797. The van der Waals surface area contributed by atoms with Crippen LogP contribution in [0.1, 0.15) is 13.3 Å². The molecule has 2 unspecified atom stereocenters. The quantitative estimate of drug-likeness (QED) is 0.752. The van der Waals surface area contributed by atoms with Crippen molar-refractivity contribution in [2.75, 3.05) is 7.11 Å². The summed E-state index contributed by atoms with van der Waals surface area (Å²) in [6.07, 6.45) is 6.40. The molecule has 1 aromatic rings.